The number of hydrogen-bond acceptors (Lipinski definition) is 7. The summed E-state index contributed by atoms with van der Waals surface area (Å²) in [4.78, 5) is 40.5. The molecule has 0 aliphatic rings. The molecule has 0 unspecified atom stereocenters. The highest BCUT2D eigenvalue weighted by molar-refractivity contribution is 6.06. The van der Waals surface area contributed by atoms with Crippen LogP contribution in [0.25, 0.3) is 22.1 Å². The third kappa shape index (κ3) is 4.70. The number of anilines is 2. The Kier molecular flexibility index (Phi) is 5.82. The summed E-state index contributed by atoms with van der Waals surface area (Å²) in [5.41, 5.74) is 2.55. The number of pyridine rings is 2. The van der Waals surface area contributed by atoms with Crippen LogP contribution in [-0.2, 0) is 12.5 Å². The molecule has 0 aliphatic heterocycles. The van der Waals surface area contributed by atoms with E-state index in [9.17, 15) is 9.59 Å². The molecule has 0 bridgehead atoms. The number of aromatic amines is 1. The van der Waals surface area contributed by atoms with E-state index in [-0.39, 0.29) is 11.0 Å². The molecule has 37 heavy (non-hydrogen) atoms. The number of nitrogens with one attached hydrogen (secondary N) is 3. The molecule has 0 saturated carbocycles. The molecule has 5 aromatic rings. The van der Waals surface area contributed by atoms with Crippen molar-refractivity contribution in [1.82, 2.24) is 29.7 Å². The van der Waals surface area contributed by atoms with Crippen LogP contribution < -0.4 is 20.9 Å². The van der Waals surface area contributed by atoms with E-state index in [0.29, 0.717) is 50.8 Å². The summed E-state index contributed by atoms with van der Waals surface area (Å²) in [5.74, 6) is 1.51. The van der Waals surface area contributed by atoms with Crippen molar-refractivity contribution in [2.24, 2.45) is 7.05 Å². The van der Waals surface area contributed by atoms with Gasteiger partial charge in [-0.3, -0.25) is 19.8 Å². The lowest BCUT2D eigenvalue weighted by Gasteiger charge is -2.14. The third-order valence-electron chi connectivity index (χ3n) is 5.81. The second-order valence-electron chi connectivity index (χ2n) is 9.64. The zero-order valence-electron chi connectivity index (χ0n) is 21.1. The fraction of sp³-hybridized carbons (Fsp3) is 0.231. The molecular weight excluding hydrogens is 472 g/mol. The molecule has 0 saturated heterocycles. The number of carbonyl (C=O) groups excluding carboxylic acids is 1. The standard InChI is InChI=1S/C26H26N8O3/c1-14-24(35)32-23-22(29-14)18(10-12-28-23)37-17-9-8-16(21-15(17)7-6-11-27-21)30-25(36)31-20-13-19(26(2,3)4)33-34(20)5/h6-13H,1-5H3,(H,28,32,35)(H2,30,31,36). The van der Waals surface area contributed by atoms with Gasteiger partial charge in [-0.25, -0.2) is 14.8 Å². The van der Waals surface area contributed by atoms with Crippen molar-refractivity contribution in [3.8, 4) is 11.5 Å². The van der Waals surface area contributed by atoms with Gasteiger partial charge in [-0.15, -0.1) is 0 Å². The van der Waals surface area contributed by atoms with Gasteiger partial charge in [-0.1, -0.05) is 20.8 Å². The monoisotopic (exact) mass is 498 g/mol. The maximum atomic E-state index is 12.9. The van der Waals surface area contributed by atoms with E-state index in [1.54, 1.807) is 49.1 Å². The van der Waals surface area contributed by atoms with Crippen LogP contribution >= 0.6 is 0 Å². The number of aromatic nitrogens is 6. The van der Waals surface area contributed by atoms with Crippen LogP contribution in [0.5, 0.6) is 11.5 Å². The van der Waals surface area contributed by atoms with E-state index in [4.69, 9.17) is 4.74 Å². The molecule has 5 rings (SSSR count). The van der Waals surface area contributed by atoms with Crippen molar-refractivity contribution in [3.05, 3.63) is 70.5 Å². The molecule has 1 aromatic carbocycles. The number of benzene rings is 1. The van der Waals surface area contributed by atoms with Crippen molar-refractivity contribution >= 4 is 39.6 Å². The van der Waals surface area contributed by atoms with Gasteiger partial charge < -0.3 is 15.0 Å². The van der Waals surface area contributed by atoms with Gasteiger partial charge in [0.1, 0.15) is 22.8 Å². The first-order valence-corrected chi connectivity index (χ1v) is 11.6. The van der Waals surface area contributed by atoms with Crippen LogP contribution in [0.1, 0.15) is 32.2 Å². The number of hydrogen-bond donors (Lipinski definition) is 3. The molecule has 0 spiro atoms. The fourth-order valence-corrected chi connectivity index (χ4v) is 3.81. The first-order valence-electron chi connectivity index (χ1n) is 11.6. The maximum Gasteiger partial charge on any atom is 0.324 e. The van der Waals surface area contributed by atoms with Gasteiger partial charge in [0.15, 0.2) is 11.4 Å². The second kappa shape index (κ2) is 9.01. The molecule has 3 N–H and O–H groups in total. The Morgan fingerprint density at radius 2 is 1.84 bits per heavy atom. The zero-order valence-corrected chi connectivity index (χ0v) is 21.1. The summed E-state index contributed by atoms with van der Waals surface area (Å²) in [7, 11) is 1.78. The maximum absolute atomic E-state index is 12.9. The number of fused-ring (bicyclic) bond motifs is 2. The van der Waals surface area contributed by atoms with E-state index >= 15 is 0 Å². The molecule has 0 fully saturated rings. The highest BCUT2D eigenvalue weighted by Gasteiger charge is 2.20. The van der Waals surface area contributed by atoms with Crippen molar-refractivity contribution in [1.29, 1.82) is 0 Å². The van der Waals surface area contributed by atoms with Crippen molar-refractivity contribution in [3.63, 3.8) is 0 Å². The number of ether oxygens (including phenoxy) is 1. The predicted molar refractivity (Wildman–Crippen MR) is 141 cm³/mol. The predicted octanol–water partition coefficient (Wildman–Crippen LogP) is 4.64. The van der Waals surface area contributed by atoms with Crippen molar-refractivity contribution in [2.75, 3.05) is 10.6 Å². The Morgan fingerprint density at radius 3 is 2.59 bits per heavy atom. The number of amides is 2. The van der Waals surface area contributed by atoms with Gasteiger partial charge in [0.2, 0.25) is 0 Å². The van der Waals surface area contributed by atoms with Crippen LogP contribution in [0.4, 0.5) is 16.3 Å². The lowest BCUT2D eigenvalue weighted by Crippen LogP contribution is -2.21. The third-order valence-corrected chi connectivity index (χ3v) is 5.81. The van der Waals surface area contributed by atoms with Gasteiger partial charge in [0.25, 0.3) is 5.56 Å². The number of rotatable bonds is 4. The summed E-state index contributed by atoms with van der Waals surface area (Å²) < 4.78 is 7.84. The normalized spacial score (nSPS) is 11.6. The van der Waals surface area contributed by atoms with Gasteiger partial charge in [0, 0.05) is 42.4 Å². The van der Waals surface area contributed by atoms with Gasteiger partial charge in [-0.2, -0.15) is 5.10 Å². The molecule has 4 aromatic heterocycles. The Bertz CT molecular complexity index is 1720. The van der Waals surface area contributed by atoms with Gasteiger partial charge >= 0.3 is 6.03 Å². The van der Waals surface area contributed by atoms with Crippen molar-refractivity contribution in [2.45, 2.75) is 33.1 Å². The molecule has 2 amide bonds. The molecule has 11 nitrogen and oxygen atoms in total. The van der Waals surface area contributed by atoms with Crippen LogP contribution in [0.2, 0.25) is 0 Å². The largest absolute Gasteiger partial charge is 0.454 e. The van der Waals surface area contributed by atoms with Gasteiger partial charge in [0.05, 0.1) is 16.9 Å². The molecule has 0 atom stereocenters. The molecule has 0 radical (unpaired) electrons. The molecule has 0 aliphatic carbocycles. The van der Waals surface area contributed by atoms with E-state index in [1.807, 2.05) is 12.1 Å². The number of carbonyl (C=O) groups is 1. The van der Waals surface area contributed by atoms with Gasteiger partial charge in [-0.05, 0) is 31.2 Å². The number of H-pyrrole nitrogens is 1. The molecular formula is C26H26N8O3. The minimum absolute atomic E-state index is 0.145. The summed E-state index contributed by atoms with van der Waals surface area (Å²) in [6, 6.07) is 10.2. The first-order chi connectivity index (χ1) is 17.6. The lowest BCUT2D eigenvalue weighted by atomic mass is 9.92. The Hall–Kier alpha value is -4.80. The van der Waals surface area contributed by atoms with Crippen molar-refractivity contribution < 1.29 is 9.53 Å². The van der Waals surface area contributed by atoms with E-state index in [2.05, 4.69) is 56.4 Å². The summed E-state index contributed by atoms with van der Waals surface area (Å²) in [6.45, 7) is 7.80. The molecule has 188 valence electrons. The number of nitrogens with zero attached hydrogens (tertiary/aromatic N) is 5. The van der Waals surface area contributed by atoms with Crippen LogP contribution in [-0.4, -0.2) is 35.7 Å². The van der Waals surface area contributed by atoms with Crippen LogP contribution in [0.15, 0.2) is 53.6 Å². The number of urea groups is 1. The quantitative estimate of drug-likeness (QED) is 0.328. The minimum atomic E-state index is -0.423. The van der Waals surface area contributed by atoms with E-state index in [0.717, 1.165) is 5.69 Å². The zero-order chi connectivity index (χ0) is 26.3. The topological polar surface area (TPSA) is 140 Å². The highest BCUT2D eigenvalue weighted by atomic mass is 16.5. The Morgan fingerprint density at radius 1 is 1.03 bits per heavy atom. The average Bonchev–Trinajstić information content (AvgIpc) is 3.22. The average molecular weight is 499 g/mol. The van der Waals surface area contributed by atoms with Crippen LogP contribution in [0.3, 0.4) is 0 Å². The fourth-order valence-electron chi connectivity index (χ4n) is 3.81. The Labute approximate surface area is 211 Å². The molecule has 11 heteroatoms. The van der Waals surface area contributed by atoms with E-state index < -0.39 is 6.03 Å². The highest BCUT2D eigenvalue weighted by Crippen LogP contribution is 2.35. The van der Waals surface area contributed by atoms with Crippen LogP contribution in [0, 0.1) is 6.92 Å². The lowest BCUT2D eigenvalue weighted by molar-refractivity contribution is 0.262. The number of aryl methyl sites for hydroxylation is 2. The summed E-state index contributed by atoms with van der Waals surface area (Å²) in [5, 5.41) is 10.9. The molecule has 4 heterocycles. The Balaban J connectivity index is 1.44. The smallest absolute Gasteiger partial charge is 0.324 e. The second-order valence-corrected chi connectivity index (χ2v) is 9.64. The minimum Gasteiger partial charge on any atom is -0.454 e. The first kappa shape index (κ1) is 23.9. The van der Waals surface area contributed by atoms with E-state index in [1.165, 1.54) is 6.20 Å². The summed E-state index contributed by atoms with van der Waals surface area (Å²) >= 11 is 0. The SMILES string of the molecule is Cc1nc2c(Oc3ccc(NC(=O)Nc4cc(C(C)(C)C)nn4C)c4ncccc34)ccnc2[nH]c1=O. The summed E-state index contributed by atoms with van der Waals surface area (Å²) in [6.07, 6.45) is 3.18.